The largest absolute Gasteiger partial charge is 0.508 e. The molecule has 7 unspecified atom stereocenters. The second-order valence-corrected chi connectivity index (χ2v) is 25.3. The predicted octanol–water partition coefficient (Wildman–Crippen LogP) is -1.58. The number of nitrogens with two attached hydrogens (primary N) is 1. The molecule has 3 heterocycles. The highest BCUT2D eigenvalue weighted by Crippen LogP contribution is 2.28. The van der Waals surface area contributed by atoms with Crippen LogP contribution in [-0.4, -0.2) is 284 Å². The highest BCUT2D eigenvalue weighted by atomic mass is 16.6. The normalized spacial score (nSPS) is 25.2. The number of methoxy groups -OCH3 is 1. The van der Waals surface area contributed by atoms with E-state index >= 15 is 0 Å². The summed E-state index contributed by atoms with van der Waals surface area (Å²) in [6, 6.07) is -6.19. The van der Waals surface area contributed by atoms with Gasteiger partial charge in [0.1, 0.15) is 54.3 Å². The number of phenols is 1. The van der Waals surface area contributed by atoms with Crippen LogP contribution in [0.5, 0.6) is 5.75 Å². The zero-order chi connectivity index (χ0) is 71.4. The number of carbonyl (C=O) groups is 7. The minimum absolute atomic E-state index is 0.00995. The standard InChI is InChI=1S/C66H112N8O23/c1-7-41(2)36-42(3)14-12-10-8-9-11-13-15-54(82)69-48-38-52(80)64(97-35-34-96-33-32-95-31-30-94-29-28-93-27-26-92-25-24-91-23-22-90-6)72-63(87)58-50(78)20-21-73(58)66(89)57(51(79)39-53(67)81)68-43(4)55(60(84)59(83)45-16-18-46(76)19-17-45)70-62(86)49-37-47(77)40-74(49)65(88)56(44(5)75)71-61(48)85/h16-19,41-42,44,47-52,55-60,64,68,75-80,83-84H,4,7-15,20-40H2,1-3,5-6H3,(H2,67,81)(H,69,82)(H,70,86)(H,71,85)(H,72,87)/t41?,42?,44-,47-,48+,49?,50+,51-,52-,55?,56?,57?,58?,59+,60+,64-/m1/s1. The van der Waals surface area contributed by atoms with Crippen LogP contribution in [0.25, 0.3) is 0 Å². The number of rotatable bonds is 42. The fourth-order valence-corrected chi connectivity index (χ4v) is 11.6. The summed E-state index contributed by atoms with van der Waals surface area (Å²) in [6.45, 7) is 14.3. The Labute approximate surface area is 569 Å². The zero-order valence-corrected chi connectivity index (χ0v) is 57.1. The molecule has 31 heteroatoms. The summed E-state index contributed by atoms with van der Waals surface area (Å²) in [6.07, 6.45) is -8.64. The van der Waals surface area contributed by atoms with Crippen molar-refractivity contribution in [3.63, 3.8) is 0 Å². The molecule has 7 amide bonds. The van der Waals surface area contributed by atoms with Crippen LogP contribution in [0, 0.1) is 11.8 Å². The molecule has 554 valence electrons. The Morgan fingerprint density at radius 1 is 0.649 bits per heavy atom. The number of aliphatic hydroxyl groups is 7. The molecule has 0 radical (unpaired) electrons. The van der Waals surface area contributed by atoms with Crippen LogP contribution < -0.4 is 32.3 Å². The summed E-state index contributed by atoms with van der Waals surface area (Å²) in [7, 11) is 1.60. The second kappa shape index (κ2) is 45.8. The van der Waals surface area contributed by atoms with Crippen LogP contribution in [0.1, 0.15) is 129 Å². The first-order chi connectivity index (χ1) is 46.4. The Balaban J connectivity index is 1.63. The lowest BCUT2D eigenvalue weighted by Gasteiger charge is -2.36. The Kier molecular flexibility index (Phi) is 39.5. The van der Waals surface area contributed by atoms with Crippen LogP contribution in [0.2, 0.25) is 0 Å². The van der Waals surface area contributed by atoms with Gasteiger partial charge in [0.05, 0.1) is 129 Å². The van der Waals surface area contributed by atoms with Gasteiger partial charge in [0, 0.05) is 45.2 Å². The molecule has 16 atom stereocenters. The molecule has 0 aliphatic carbocycles. The number of carbonyl (C=O) groups excluding carboxylic acids is 7. The number of ether oxygens (including phenoxy) is 8. The van der Waals surface area contributed by atoms with Crippen molar-refractivity contribution in [1.29, 1.82) is 0 Å². The molecule has 1 aromatic carbocycles. The average Bonchev–Trinajstić information content (AvgIpc) is 1.62. The van der Waals surface area contributed by atoms with Crippen LogP contribution in [-0.2, 0) is 71.5 Å². The van der Waals surface area contributed by atoms with E-state index in [1.165, 1.54) is 30.7 Å². The number of amides is 7. The van der Waals surface area contributed by atoms with E-state index in [0.717, 1.165) is 55.2 Å². The molecule has 31 nitrogen and oxygen atoms in total. The number of benzene rings is 1. The highest BCUT2D eigenvalue weighted by Gasteiger charge is 2.48. The fraction of sp³-hybridized carbons (Fsp3) is 0.773. The zero-order valence-electron chi connectivity index (χ0n) is 57.1. The van der Waals surface area contributed by atoms with Gasteiger partial charge in [0.2, 0.25) is 41.4 Å². The SMILES string of the molecule is C=C1NC([C@H](O)CC(N)=O)C(=O)N2CC[C@H](O)C2C(=O)N[C@H](OCCOCCOCCOCCOCCOCCOCCOC)[C@H](O)C[C@H](NC(=O)CCCCCCCCC(C)CC(C)CC)C(=O)NC([C@@H](C)O)C(=O)N2C[C@H](O)CC2C(=O)NC1[C@H](O)[C@@H](O)c1ccc(O)cc1. The molecule has 3 aliphatic heterocycles. The number of primary amides is 1. The van der Waals surface area contributed by atoms with Crippen molar-refractivity contribution >= 4 is 41.4 Å². The van der Waals surface area contributed by atoms with Gasteiger partial charge >= 0.3 is 0 Å². The molecule has 4 rings (SSSR count). The summed E-state index contributed by atoms with van der Waals surface area (Å²) in [5.74, 6) is -6.32. The second-order valence-electron chi connectivity index (χ2n) is 25.3. The van der Waals surface area contributed by atoms with Crippen molar-refractivity contribution in [2.75, 3.05) is 113 Å². The van der Waals surface area contributed by atoms with Crippen molar-refractivity contribution in [3.05, 3.63) is 42.1 Å². The third-order valence-corrected chi connectivity index (χ3v) is 17.2. The van der Waals surface area contributed by atoms with Gasteiger partial charge in [-0.3, -0.25) is 33.6 Å². The maximum atomic E-state index is 14.9. The summed E-state index contributed by atoms with van der Waals surface area (Å²) < 4.78 is 44.1. The van der Waals surface area contributed by atoms with Crippen LogP contribution in [0.4, 0.5) is 0 Å². The molecule has 97 heavy (non-hydrogen) atoms. The van der Waals surface area contributed by atoms with Crippen molar-refractivity contribution in [2.45, 2.75) is 203 Å². The molecule has 1 aromatic rings. The van der Waals surface area contributed by atoms with Gasteiger partial charge in [-0.1, -0.05) is 84.4 Å². The number of hydrogen-bond acceptors (Lipinski definition) is 24. The molecule has 3 saturated heterocycles. The molecule has 15 N–H and O–H groups in total. The number of hydrogen-bond donors (Lipinski definition) is 14. The molecule has 0 saturated carbocycles. The van der Waals surface area contributed by atoms with Gasteiger partial charge < -0.3 is 121 Å². The van der Waals surface area contributed by atoms with Crippen LogP contribution >= 0.6 is 0 Å². The lowest BCUT2D eigenvalue weighted by atomic mass is 9.91. The molecule has 3 aliphatic rings. The first-order valence-corrected chi connectivity index (χ1v) is 34.1. The van der Waals surface area contributed by atoms with E-state index in [4.69, 9.17) is 43.6 Å². The quantitative estimate of drug-likeness (QED) is 0.0328. The van der Waals surface area contributed by atoms with E-state index in [-0.39, 0.29) is 70.3 Å². The Morgan fingerprint density at radius 2 is 1.19 bits per heavy atom. The number of fused-ring (bicyclic) bond motifs is 2. The van der Waals surface area contributed by atoms with Gasteiger partial charge in [-0.05, 0) is 55.7 Å². The number of phenolic OH excluding ortho intramolecular Hbond substituents is 1. The van der Waals surface area contributed by atoms with E-state index in [1.54, 1.807) is 7.11 Å². The number of aromatic hydroxyl groups is 1. The maximum absolute atomic E-state index is 14.9. The van der Waals surface area contributed by atoms with E-state index in [9.17, 15) is 74.4 Å². The van der Waals surface area contributed by atoms with Gasteiger partial charge in [-0.15, -0.1) is 0 Å². The summed E-state index contributed by atoms with van der Waals surface area (Å²) in [4.78, 5) is 102. The van der Waals surface area contributed by atoms with E-state index < -0.39 is 158 Å². The Hall–Kier alpha value is -5.75. The van der Waals surface area contributed by atoms with Gasteiger partial charge in [-0.25, -0.2) is 0 Å². The molecule has 0 aromatic heterocycles. The number of aliphatic hydroxyl groups excluding tert-OH is 7. The fourth-order valence-electron chi connectivity index (χ4n) is 11.6. The first kappa shape index (κ1) is 83.7. The Bertz CT molecular complexity index is 2510. The summed E-state index contributed by atoms with van der Waals surface area (Å²) in [5.41, 5.74) is 4.97. The van der Waals surface area contributed by atoms with Gasteiger partial charge in [0.15, 0.2) is 6.23 Å². The lowest BCUT2D eigenvalue weighted by Crippen LogP contribution is -2.62. The number of unbranched alkanes of at least 4 members (excludes halogenated alkanes) is 5. The molecule has 3 fully saturated rings. The minimum Gasteiger partial charge on any atom is -0.508 e. The van der Waals surface area contributed by atoms with Gasteiger partial charge in [0.25, 0.3) is 0 Å². The minimum atomic E-state index is -2.13. The van der Waals surface area contributed by atoms with E-state index in [1.807, 2.05) is 0 Å². The third-order valence-electron chi connectivity index (χ3n) is 17.2. The molecular formula is C66H112N8O23. The van der Waals surface area contributed by atoms with Crippen molar-refractivity contribution < 1.29 is 112 Å². The lowest BCUT2D eigenvalue weighted by molar-refractivity contribution is -0.149. The third kappa shape index (κ3) is 29.9. The van der Waals surface area contributed by atoms with E-state index in [0.29, 0.717) is 77.5 Å². The summed E-state index contributed by atoms with van der Waals surface area (Å²) in [5, 5.41) is 104. The van der Waals surface area contributed by atoms with Gasteiger partial charge in [-0.2, -0.15) is 0 Å². The van der Waals surface area contributed by atoms with Crippen LogP contribution in [0.3, 0.4) is 0 Å². The van der Waals surface area contributed by atoms with Crippen molar-refractivity contribution in [1.82, 2.24) is 36.4 Å². The first-order valence-electron chi connectivity index (χ1n) is 34.1. The van der Waals surface area contributed by atoms with E-state index in [2.05, 4.69) is 53.9 Å². The number of nitrogens with zero attached hydrogens (tertiary/aromatic N) is 2. The van der Waals surface area contributed by atoms with Crippen molar-refractivity contribution in [3.8, 4) is 5.75 Å². The number of nitrogens with one attached hydrogen (secondary N) is 5. The molecule has 0 bridgehead atoms. The topological polar surface area (TPSA) is 448 Å². The van der Waals surface area contributed by atoms with Crippen molar-refractivity contribution in [2.24, 2.45) is 17.6 Å². The highest BCUT2D eigenvalue weighted by molar-refractivity contribution is 5.95. The monoisotopic (exact) mass is 1380 g/mol. The maximum Gasteiger partial charge on any atom is 0.248 e. The molecule has 0 spiro atoms. The summed E-state index contributed by atoms with van der Waals surface area (Å²) >= 11 is 0. The molecular weight excluding hydrogens is 1270 g/mol. The average molecular weight is 1390 g/mol. The Morgan fingerprint density at radius 3 is 1.74 bits per heavy atom. The van der Waals surface area contributed by atoms with Crippen LogP contribution in [0.15, 0.2) is 36.5 Å². The predicted molar refractivity (Wildman–Crippen MR) is 350 cm³/mol. The smallest absolute Gasteiger partial charge is 0.248 e.